The molecule has 3 rings (SSSR count). The van der Waals surface area contributed by atoms with Crippen molar-refractivity contribution in [2.24, 2.45) is 0 Å². The van der Waals surface area contributed by atoms with Crippen LogP contribution < -0.4 is 0 Å². The van der Waals surface area contributed by atoms with Crippen LogP contribution in [0.4, 0.5) is 0 Å². The van der Waals surface area contributed by atoms with Gasteiger partial charge < -0.3 is 0 Å². The van der Waals surface area contributed by atoms with Gasteiger partial charge in [0.1, 0.15) is 0 Å². The number of hydrogen-bond acceptors (Lipinski definition) is 2. The van der Waals surface area contributed by atoms with Crippen LogP contribution in [0.5, 0.6) is 0 Å². The molecule has 0 aliphatic carbocycles. The van der Waals surface area contributed by atoms with E-state index in [0.29, 0.717) is 0 Å². The van der Waals surface area contributed by atoms with E-state index in [-0.39, 0.29) is 17.1 Å². The van der Waals surface area contributed by atoms with Crippen molar-refractivity contribution in [3.05, 3.63) is 77.9 Å². The van der Waals surface area contributed by atoms with E-state index in [1.165, 1.54) is 30.2 Å². The van der Waals surface area contributed by atoms with Crippen molar-refractivity contribution in [3.63, 3.8) is 0 Å². The summed E-state index contributed by atoms with van der Waals surface area (Å²) in [6.45, 7) is 2.83. The Labute approximate surface area is 141 Å². The number of allylic oxidation sites excluding steroid dienone is 1. The molecule has 2 heteroatoms. The Kier molecular flexibility index (Phi) is 4.39. The van der Waals surface area contributed by atoms with Crippen molar-refractivity contribution in [2.45, 2.75) is 13.8 Å². The first kappa shape index (κ1) is 15.9. The predicted molar refractivity (Wildman–Crippen MR) is 98.7 cm³/mol. The van der Waals surface area contributed by atoms with Gasteiger partial charge >= 0.3 is 0 Å². The van der Waals surface area contributed by atoms with Crippen LogP contribution >= 0.6 is 0 Å². The molecule has 0 radical (unpaired) electrons. The zero-order valence-electron chi connectivity index (χ0n) is 13.7. The van der Waals surface area contributed by atoms with E-state index in [2.05, 4.69) is 30.3 Å². The molecule has 0 bridgehead atoms. The maximum Gasteiger partial charge on any atom is 0.163 e. The lowest BCUT2D eigenvalue weighted by atomic mass is 9.97. The van der Waals surface area contributed by atoms with Crippen LogP contribution in [-0.2, 0) is 9.59 Å². The van der Waals surface area contributed by atoms with E-state index in [1.54, 1.807) is 6.08 Å². The highest BCUT2D eigenvalue weighted by Gasteiger charge is 2.09. The monoisotopic (exact) mass is 314 g/mol. The zero-order valence-corrected chi connectivity index (χ0v) is 13.7. The minimum absolute atomic E-state index is 0.208. The van der Waals surface area contributed by atoms with Gasteiger partial charge in [0.05, 0.1) is 5.57 Å². The number of benzene rings is 3. The van der Waals surface area contributed by atoms with Gasteiger partial charge in [-0.2, -0.15) is 0 Å². The first-order valence-electron chi connectivity index (χ1n) is 7.88. The van der Waals surface area contributed by atoms with E-state index < -0.39 is 0 Å². The van der Waals surface area contributed by atoms with Crippen LogP contribution in [0.3, 0.4) is 0 Å². The van der Waals surface area contributed by atoms with Crippen LogP contribution in [0.15, 0.2) is 72.3 Å². The number of Topliss-reactive ketones (excluding diaryl/α,β-unsaturated/α-hetero) is 2. The van der Waals surface area contributed by atoms with Crippen LogP contribution in [-0.4, -0.2) is 11.6 Å². The highest BCUT2D eigenvalue weighted by Crippen LogP contribution is 2.28. The van der Waals surface area contributed by atoms with Gasteiger partial charge in [0, 0.05) is 0 Å². The Hall–Kier alpha value is -3.00. The Morgan fingerprint density at radius 2 is 1.38 bits per heavy atom. The first-order chi connectivity index (χ1) is 11.6. The largest absolute Gasteiger partial charge is 0.294 e. The van der Waals surface area contributed by atoms with E-state index in [1.807, 2.05) is 36.4 Å². The highest BCUT2D eigenvalue weighted by atomic mass is 16.1. The molecule has 0 spiro atoms. The van der Waals surface area contributed by atoms with Crippen molar-refractivity contribution in [3.8, 4) is 11.1 Å². The lowest BCUT2D eigenvalue weighted by Crippen LogP contribution is -2.05. The predicted octanol–water partition coefficient (Wildman–Crippen LogP) is 5.07. The van der Waals surface area contributed by atoms with E-state index in [4.69, 9.17) is 0 Å². The zero-order chi connectivity index (χ0) is 17.1. The standard InChI is InChI=1S/C22H18O2/c1-15(23)22(16(2)24)14-17-10-12-19(13-11-17)21-9-5-7-18-6-3-4-8-20(18)21/h3-14H,1-2H3. The second kappa shape index (κ2) is 6.63. The molecule has 0 fully saturated rings. The molecule has 2 nitrogen and oxygen atoms in total. The van der Waals surface area contributed by atoms with Gasteiger partial charge in [0.2, 0.25) is 0 Å². The summed E-state index contributed by atoms with van der Waals surface area (Å²) in [6.07, 6.45) is 1.65. The molecule has 0 saturated heterocycles. The molecule has 0 N–H and O–H groups in total. The van der Waals surface area contributed by atoms with Crippen molar-refractivity contribution in [1.29, 1.82) is 0 Å². The summed E-state index contributed by atoms with van der Waals surface area (Å²) in [5, 5.41) is 2.41. The molecule has 24 heavy (non-hydrogen) atoms. The van der Waals surface area contributed by atoms with Crippen LogP contribution in [0.25, 0.3) is 28.0 Å². The van der Waals surface area contributed by atoms with Gasteiger partial charge in [-0.1, -0.05) is 66.7 Å². The van der Waals surface area contributed by atoms with Gasteiger partial charge in [-0.15, -0.1) is 0 Å². The smallest absolute Gasteiger partial charge is 0.163 e. The molecule has 118 valence electrons. The SMILES string of the molecule is CC(=O)C(=Cc1ccc(-c2cccc3ccccc23)cc1)C(C)=O. The number of rotatable bonds is 4. The quantitative estimate of drug-likeness (QED) is 0.383. The van der Waals surface area contributed by atoms with Gasteiger partial charge in [0.15, 0.2) is 11.6 Å². The molecule has 0 aromatic heterocycles. The molecule has 0 aliphatic rings. The number of carbonyl (C=O) groups excluding carboxylic acids is 2. The maximum absolute atomic E-state index is 11.5. The molecule has 0 atom stereocenters. The number of fused-ring (bicyclic) bond motifs is 1. The van der Waals surface area contributed by atoms with E-state index >= 15 is 0 Å². The maximum atomic E-state index is 11.5. The third-order valence-corrected chi connectivity index (χ3v) is 4.08. The normalized spacial score (nSPS) is 10.4. The summed E-state index contributed by atoms with van der Waals surface area (Å²) in [6, 6.07) is 22.4. The van der Waals surface area contributed by atoms with Crippen molar-refractivity contribution >= 4 is 28.4 Å². The van der Waals surface area contributed by atoms with Crippen molar-refractivity contribution < 1.29 is 9.59 Å². The number of hydrogen-bond donors (Lipinski definition) is 0. The Bertz CT molecular complexity index is 926. The summed E-state index contributed by atoms with van der Waals surface area (Å²) < 4.78 is 0. The summed E-state index contributed by atoms with van der Waals surface area (Å²) in [5.74, 6) is -0.416. The fourth-order valence-electron chi connectivity index (χ4n) is 2.85. The third kappa shape index (κ3) is 3.18. The van der Waals surface area contributed by atoms with Gasteiger partial charge in [-0.3, -0.25) is 9.59 Å². The van der Waals surface area contributed by atoms with Crippen LogP contribution in [0, 0.1) is 0 Å². The second-order valence-corrected chi connectivity index (χ2v) is 5.82. The lowest BCUT2D eigenvalue weighted by Gasteiger charge is -2.07. The number of ketones is 2. The summed E-state index contributed by atoms with van der Waals surface area (Å²) in [7, 11) is 0. The molecule has 0 unspecified atom stereocenters. The summed E-state index contributed by atoms with van der Waals surface area (Å²) in [5.41, 5.74) is 3.35. The minimum atomic E-state index is -0.208. The fourth-order valence-corrected chi connectivity index (χ4v) is 2.85. The molecule has 0 aliphatic heterocycles. The third-order valence-electron chi connectivity index (χ3n) is 4.08. The summed E-state index contributed by atoms with van der Waals surface area (Å²) in [4.78, 5) is 23.1. The lowest BCUT2D eigenvalue weighted by molar-refractivity contribution is -0.119. The Morgan fingerprint density at radius 1 is 0.750 bits per heavy atom. The first-order valence-corrected chi connectivity index (χ1v) is 7.88. The second-order valence-electron chi connectivity index (χ2n) is 5.82. The highest BCUT2D eigenvalue weighted by molar-refractivity contribution is 6.21. The molecule has 0 heterocycles. The molecular formula is C22H18O2. The minimum Gasteiger partial charge on any atom is -0.294 e. The van der Waals surface area contributed by atoms with Crippen LogP contribution in [0.1, 0.15) is 19.4 Å². The average molecular weight is 314 g/mol. The topological polar surface area (TPSA) is 34.1 Å². The van der Waals surface area contributed by atoms with Gasteiger partial charge in [-0.05, 0) is 47.4 Å². The Balaban J connectivity index is 2.02. The Morgan fingerprint density at radius 3 is 2.04 bits per heavy atom. The van der Waals surface area contributed by atoms with Crippen molar-refractivity contribution in [1.82, 2.24) is 0 Å². The van der Waals surface area contributed by atoms with Crippen molar-refractivity contribution in [2.75, 3.05) is 0 Å². The molecule has 0 saturated carbocycles. The number of carbonyl (C=O) groups is 2. The molecule has 0 amide bonds. The van der Waals surface area contributed by atoms with Gasteiger partial charge in [-0.25, -0.2) is 0 Å². The van der Waals surface area contributed by atoms with Crippen LogP contribution in [0.2, 0.25) is 0 Å². The average Bonchev–Trinajstić information content (AvgIpc) is 2.59. The molecule has 3 aromatic carbocycles. The fraction of sp³-hybridized carbons (Fsp3) is 0.0909. The molecule has 3 aromatic rings. The van der Waals surface area contributed by atoms with Gasteiger partial charge in [0.25, 0.3) is 0 Å². The van der Waals surface area contributed by atoms with E-state index in [0.717, 1.165) is 11.1 Å². The molecular weight excluding hydrogens is 296 g/mol. The summed E-state index contributed by atoms with van der Waals surface area (Å²) >= 11 is 0. The van der Waals surface area contributed by atoms with E-state index in [9.17, 15) is 9.59 Å².